The fourth-order valence-corrected chi connectivity index (χ4v) is 2.02. The van der Waals surface area contributed by atoms with Crippen LogP contribution in [0.15, 0.2) is 30.5 Å². The average molecular weight is 203 g/mol. The standard InChI is InChI=1S/C13H17NO/c1-3-7-13(2,15)11-4-5-12-10(9-11)6-8-14-12/h4-6,8-9,14-15H,3,7H2,1-2H3. The number of fused-ring (bicyclic) bond motifs is 1. The summed E-state index contributed by atoms with van der Waals surface area (Å²) in [5.74, 6) is 0. The van der Waals surface area contributed by atoms with E-state index >= 15 is 0 Å². The Kier molecular flexibility index (Phi) is 2.53. The molecule has 0 aliphatic rings. The van der Waals surface area contributed by atoms with Crippen LogP contribution in [0, 0.1) is 0 Å². The van der Waals surface area contributed by atoms with Gasteiger partial charge in [-0.15, -0.1) is 0 Å². The van der Waals surface area contributed by atoms with Gasteiger partial charge in [0.25, 0.3) is 0 Å². The largest absolute Gasteiger partial charge is 0.385 e. The second-order valence-electron chi connectivity index (χ2n) is 4.30. The van der Waals surface area contributed by atoms with Crippen LogP contribution in [0.1, 0.15) is 32.3 Å². The van der Waals surface area contributed by atoms with E-state index in [0.29, 0.717) is 0 Å². The Morgan fingerprint density at radius 3 is 2.87 bits per heavy atom. The number of nitrogens with one attached hydrogen (secondary N) is 1. The lowest BCUT2D eigenvalue weighted by Gasteiger charge is -2.23. The van der Waals surface area contributed by atoms with Gasteiger partial charge in [0.15, 0.2) is 0 Å². The maximum absolute atomic E-state index is 10.3. The molecule has 2 nitrogen and oxygen atoms in total. The molecule has 0 amide bonds. The number of benzene rings is 1. The quantitative estimate of drug-likeness (QED) is 0.789. The van der Waals surface area contributed by atoms with Crippen LogP contribution in [0.3, 0.4) is 0 Å². The Balaban J connectivity index is 2.42. The maximum Gasteiger partial charge on any atom is 0.0868 e. The molecule has 0 saturated heterocycles. The first-order valence-corrected chi connectivity index (χ1v) is 5.43. The zero-order valence-electron chi connectivity index (χ0n) is 9.25. The smallest absolute Gasteiger partial charge is 0.0868 e. The molecule has 15 heavy (non-hydrogen) atoms. The summed E-state index contributed by atoms with van der Waals surface area (Å²) in [4.78, 5) is 3.15. The van der Waals surface area contributed by atoms with E-state index in [0.717, 1.165) is 29.3 Å². The van der Waals surface area contributed by atoms with Gasteiger partial charge in [0.2, 0.25) is 0 Å². The minimum atomic E-state index is -0.708. The lowest BCUT2D eigenvalue weighted by atomic mass is 9.91. The third-order valence-corrected chi connectivity index (χ3v) is 2.91. The first-order chi connectivity index (χ1) is 7.13. The molecular weight excluding hydrogens is 186 g/mol. The molecule has 1 heterocycles. The van der Waals surface area contributed by atoms with Gasteiger partial charge in [-0.3, -0.25) is 0 Å². The van der Waals surface area contributed by atoms with Crippen molar-refractivity contribution in [1.82, 2.24) is 4.98 Å². The lowest BCUT2D eigenvalue weighted by molar-refractivity contribution is 0.0471. The van der Waals surface area contributed by atoms with E-state index in [1.54, 1.807) is 0 Å². The molecule has 0 aliphatic carbocycles. The zero-order chi connectivity index (χ0) is 10.9. The molecule has 0 saturated carbocycles. The number of rotatable bonds is 3. The lowest BCUT2D eigenvalue weighted by Crippen LogP contribution is -2.20. The van der Waals surface area contributed by atoms with Gasteiger partial charge >= 0.3 is 0 Å². The van der Waals surface area contributed by atoms with Gasteiger partial charge in [-0.25, -0.2) is 0 Å². The highest BCUT2D eigenvalue weighted by atomic mass is 16.3. The number of aliphatic hydroxyl groups is 1. The summed E-state index contributed by atoms with van der Waals surface area (Å²) in [5.41, 5.74) is 1.41. The van der Waals surface area contributed by atoms with E-state index in [1.807, 2.05) is 31.3 Å². The molecule has 0 radical (unpaired) electrons. The summed E-state index contributed by atoms with van der Waals surface area (Å²) in [6.45, 7) is 3.97. The van der Waals surface area contributed by atoms with Crippen molar-refractivity contribution >= 4 is 10.9 Å². The molecule has 80 valence electrons. The van der Waals surface area contributed by atoms with E-state index in [9.17, 15) is 5.11 Å². The number of H-pyrrole nitrogens is 1. The normalized spacial score (nSPS) is 15.4. The van der Waals surface area contributed by atoms with E-state index < -0.39 is 5.60 Å². The van der Waals surface area contributed by atoms with Crippen molar-refractivity contribution in [2.45, 2.75) is 32.3 Å². The molecule has 2 rings (SSSR count). The number of hydrogen-bond donors (Lipinski definition) is 2. The molecule has 2 N–H and O–H groups in total. The molecular formula is C13H17NO. The van der Waals surface area contributed by atoms with Crippen molar-refractivity contribution in [1.29, 1.82) is 0 Å². The van der Waals surface area contributed by atoms with Gasteiger partial charge in [-0.05, 0) is 42.5 Å². The van der Waals surface area contributed by atoms with Crippen LogP contribution >= 0.6 is 0 Å². The van der Waals surface area contributed by atoms with Crippen LogP contribution in [-0.2, 0) is 5.60 Å². The molecule has 0 spiro atoms. The van der Waals surface area contributed by atoms with Gasteiger partial charge in [-0.1, -0.05) is 19.4 Å². The molecule has 0 aliphatic heterocycles. The summed E-state index contributed by atoms with van der Waals surface area (Å²) in [7, 11) is 0. The van der Waals surface area contributed by atoms with Gasteiger partial charge in [0, 0.05) is 11.7 Å². The Bertz CT molecular complexity index is 456. The molecule has 0 bridgehead atoms. The van der Waals surface area contributed by atoms with Crippen LogP contribution in [0.2, 0.25) is 0 Å². The van der Waals surface area contributed by atoms with E-state index in [4.69, 9.17) is 0 Å². The molecule has 0 fully saturated rings. The maximum atomic E-state index is 10.3. The average Bonchev–Trinajstić information content (AvgIpc) is 2.63. The number of aromatic amines is 1. The second-order valence-corrected chi connectivity index (χ2v) is 4.30. The molecule has 2 heteroatoms. The minimum absolute atomic E-state index is 0.708. The van der Waals surface area contributed by atoms with Crippen LogP contribution in [-0.4, -0.2) is 10.1 Å². The van der Waals surface area contributed by atoms with Crippen molar-refractivity contribution in [3.63, 3.8) is 0 Å². The molecule has 1 aromatic heterocycles. The van der Waals surface area contributed by atoms with E-state index in [1.165, 1.54) is 0 Å². The van der Waals surface area contributed by atoms with Crippen molar-refractivity contribution in [3.8, 4) is 0 Å². The van der Waals surface area contributed by atoms with E-state index in [-0.39, 0.29) is 0 Å². The highest BCUT2D eigenvalue weighted by Crippen LogP contribution is 2.28. The predicted octanol–water partition coefficient (Wildman–Crippen LogP) is 3.18. The highest BCUT2D eigenvalue weighted by molar-refractivity contribution is 5.80. The van der Waals surface area contributed by atoms with Crippen LogP contribution < -0.4 is 0 Å². The summed E-state index contributed by atoms with van der Waals surface area (Å²) in [5, 5.41) is 11.4. The summed E-state index contributed by atoms with van der Waals surface area (Å²) in [6, 6.07) is 8.10. The van der Waals surface area contributed by atoms with Crippen molar-refractivity contribution < 1.29 is 5.11 Å². The van der Waals surface area contributed by atoms with Gasteiger partial charge in [-0.2, -0.15) is 0 Å². The first-order valence-electron chi connectivity index (χ1n) is 5.43. The van der Waals surface area contributed by atoms with Gasteiger partial charge < -0.3 is 10.1 Å². The predicted molar refractivity (Wildman–Crippen MR) is 62.8 cm³/mol. The summed E-state index contributed by atoms with van der Waals surface area (Å²) in [6.07, 6.45) is 3.70. The van der Waals surface area contributed by atoms with Crippen LogP contribution in [0.4, 0.5) is 0 Å². The Morgan fingerprint density at radius 1 is 1.33 bits per heavy atom. The fraction of sp³-hybridized carbons (Fsp3) is 0.385. The molecule has 1 unspecified atom stereocenters. The third-order valence-electron chi connectivity index (χ3n) is 2.91. The molecule has 2 aromatic rings. The van der Waals surface area contributed by atoms with Crippen molar-refractivity contribution in [2.24, 2.45) is 0 Å². The number of aromatic nitrogens is 1. The highest BCUT2D eigenvalue weighted by Gasteiger charge is 2.21. The van der Waals surface area contributed by atoms with E-state index in [2.05, 4.69) is 18.0 Å². The topological polar surface area (TPSA) is 36.0 Å². The third kappa shape index (κ3) is 1.90. The van der Waals surface area contributed by atoms with Crippen molar-refractivity contribution in [3.05, 3.63) is 36.0 Å². The first kappa shape index (κ1) is 10.2. The Labute approximate surface area is 89.9 Å². The SMILES string of the molecule is CCCC(C)(O)c1ccc2[nH]ccc2c1. The monoisotopic (exact) mass is 203 g/mol. The fourth-order valence-electron chi connectivity index (χ4n) is 2.02. The summed E-state index contributed by atoms with van der Waals surface area (Å²) < 4.78 is 0. The van der Waals surface area contributed by atoms with Gasteiger partial charge in [0.05, 0.1) is 5.60 Å². The number of hydrogen-bond acceptors (Lipinski definition) is 1. The second kappa shape index (κ2) is 3.70. The van der Waals surface area contributed by atoms with Crippen LogP contribution in [0.25, 0.3) is 10.9 Å². The Morgan fingerprint density at radius 2 is 2.13 bits per heavy atom. The molecule has 1 atom stereocenters. The summed E-state index contributed by atoms with van der Waals surface area (Å²) >= 11 is 0. The van der Waals surface area contributed by atoms with Gasteiger partial charge in [0.1, 0.15) is 0 Å². The minimum Gasteiger partial charge on any atom is -0.385 e. The van der Waals surface area contributed by atoms with Crippen molar-refractivity contribution in [2.75, 3.05) is 0 Å². The molecule has 1 aromatic carbocycles. The zero-order valence-corrected chi connectivity index (χ0v) is 9.25. The van der Waals surface area contributed by atoms with Crippen LogP contribution in [0.5, 0.6) is 0 Å². The Hall–Kier alpha value is -1.28.